The van der Waals surface area contributed by atoms with Crippen LogP contribution in [0.1, 0.15) is 23.1 Å². The summed E-state index contributed by atoms with van der Waals surface area (Å²) < 4.78 is 1.76. The Kier molecular flexibility index (Phi) is 4.52. The summed E-state index contributed by atoms with van der Waals surface area (Å²) in [6.07, 6.45) is 7.39. The number of aromatic nitrogens is 2. The Labute approximate surface area is 135 Å². The third kappa shape index (κ3) is 3.53. The van der Waals surface area contributed by atoms with E-state index in [1.54, 1.807) is 27.5 Å². The quantitative estimate of drug-likeness (QED) is 0.796. The van der Waals surface area contributed by atoms with Gasteiger partial charge in [0.15, 0.2) is 0 Å². The van der Waals surface area contributed by atoms with Crippen LogP contribution in [0.25, 0.3) is 0 Å². The molecule has 0 aliphatic heterocycles. The second-order valence-corrected chi connectivity index (χ2v) is 6.89. The Morgan fingerprint density at radius 3 is 2.95 bits per heavy atom. The molecule has 0 fully saturated rings. The molecular formula is C17H21N3OS. The second-order valence-electron chi connectivity index (χ2n) is 5.84. The minimum Gasteiger partial charge on any atom is -0.341 e. The smallest absolute Gasteiger partial charge is 0.232 e. The number of hydrogen-bond donors (Lipinski definition) is 0. The molecule has 0 radical (unpaired) electrons. The standard InChI is InChI=1S/C17H21N3OS/c1-19(10-13-9-18-20(2)11-13)17(21)12-22-16-7-6-14-4-3-5-15(14)8-16/h6-9,11H,3-5,10,12H2,1-2H3. The fourth-order valence-corrected chi connectivity index (χ4v) is 3.71. The lowest BCUT2D eigenvalue weighted by Crippen LogP contribution is -2.27. The number of nitrogens with zero attached hydrogens (tertiary/aromatic N) is 3. The first-order valence-electron chi connectivity index (χ1n) is 7.58. The number of benzene rings is 1. The summed E-state index contributed by atoms with van der Waals surface area (Å²) in [5.74, 6) is 0.629. The number of carbonyl (C=O) groups is 1. The van der Waals surface area contributed by atoms with Gasteiger partial charge in [0.05, 0.1) is 11.9 Å². The van der Waals surface area contributed by atoms with Gasteiger partial charge in [-0.2, -0.15) is 5.10 Å². The van der Waals surface area contributed by atoms with Gasteiger partial charge in [0.2, 0.25) is 5.91 Å². The zero-order chi connectivity index (χ0) is 15.5. The van der Waals surface area contributed by atoms with Gasteiger partial charge in [0, 0.05) is 37.3 Å². The van der Waals surface area contributed by atoms with Crippen molar-refractivity contribution >= 4 is 17.7 Å². The molecule has 1 amide bonds. The van der Waals surface area contributed by atoms with Crippen LogP contribution in [0, 0.1) is 0 Å². The highest BCUT2D eigenvalue weighted by atomic mass is 32.2. The first kappa shape index (κ1) is 15.2. The van der Waals surface area contributed by atoms with Crippen LogP contribution >= 0.6 is 11.8 Å². The molecule has 4 nitrogen and oxygen atoms in total. The van der Waals surface area contributed by atoms with E-state index >= 15 is 0 Å². The minimum absolute atomic E-state index is 0.148. The van der Waals surface area contributed by atoms with Crippen molar-refractivity contribution in [1.82, 2.24) is 14.7 Å². The van der Waals surface area contributed by atoms with Crippen molar-refractivity contribution < 1.29 is 4.79 Å². The summed E-state index contributed by atoms with van der Waals surface area (Å²) in [5, 5.41) is 4.13. The first-order valence-corrected chi connectivity index (χ1v) is 8.56. The molecule has 2 aromatic rings. The number of hydrogen-bond acceptors (Lipinski definition) is 3. The average Bonchev–Trinajstić information content (AvgIpc) is 3.12. The molecule has 1 heterocycles. The summed E-state index contributed by atoms with van der Waals surface area (Å²) in [6, 6.07) is 6.61. The lowest BCUT2D eigenvalue weighted by Gasteiger charge is -2.16. The predicted octanol–water partition coefficient (Wildman–Crippen LogP) is 2.66. The van der Waals surface area contributed by atoms with Crippen LogP contribution in [0.5, 0.6) is 0 Å². The van der Waals surface area contributed by atoms with Crippen LogP contribution in [0.2, 0.25) is 0 Å². The molecule has 1 aromatic heterocycles. The van der Waals surface area contributed by atoms with Crippen molar-refractivity contribution in [2.75, 3.05) is 12.8 Å². The lowest BCUT2D eigenvalue weighted by atomic mass is 10.1. The summed E-state index contributed by atoms with van der Waals surface area (Å²) in [6.45, 7) is 0.609. The Hall–Kier alpha value is -1.75. The Bertz CT molecular complexity index is 680. The fourth-order valence-electron chi connectivity index (χ4n) is 2.81. The van der Waals surface area contributed by atoms with Gasteiger partial charge in [0.1, 0.15) is 0 Å². The molecule has 0 bridgehead atoms. The molecule has 0 saturated heterocycles. The van der Waals surface area contributed by atoms with E-state index in [-0.39, 0.29) is 5.91 Å². The Balaban J connectivity index is 1.53. The van der Waals surface area contributed by atoms with E-state index in [1.807, 2.05) is 20.3 Å². The number of amides is 1. The number of aryl methyl sites for hydroxylation is 3. The van der Waals surface area contributed by atoms with Crippen molar-refractivity contribution in [1.29, 1.82) is 0 Å². The van der Waals surface area contributed by atoms with Crippen molar-refractivity contribution in [2.45, 2.75) is 30.7 Å². The molecule has 116 valence electrons. The number of fused-ring (bicyclic) bond motifs is 1. The highest BCUT2D eigenvalue weighted by Crippen LogP contribution is 2.27. The highest BCUT2D eigenvalue weighted by molar-refractivity contribution is 8.00. The van der Waals surface area contributed by atoms with E-state index in [2.05, 4.69) is 23.3 Å². The molecule has 0 spiro atoms. The zero-order valence-electron chi connectivity index (χ0n) is 13.1. The van der Waals surface area contributed by atoms with Gasteiger partial charge in [0.25, 0.3) is 0 Å². The minimum atomic E-state index is 0.148. The Morgan fingerprint density at radius 2 is 2.18 bits per heavy atom. The van der Waals surface area contributed by atoms with Gasteiger partial charge in [-0.3, -0.25) is 9.48 Å². The molecule has 0 unspecified atom stereocenters. The second kappa shape index (κ2) is 6.57. The van der Waals surface area contributed by atoms with Crippen molar-refractivity contribution in [3.63, 3.8) is 0 Å². The fraction of sp³-hybridized carbons (Fsp3) is 0.412. The maximum atomic E-state index is 12.2. The molecule has 5 heteroatoms. The van der Waals surface area contributed by atoms with Crippen LogP contribution in [-0.4, -0.2) is 33.4 Å². The van der Waals surface area contributed by atoms with Crippen LogP contribution in [0.3, 0.4) is 0 Å². The van der Waals surface area contributed by atoms with E-state index in [4.69, 9.17) is 0 Å². The topological polar surface area (TPSA) is 38.1 Å². The molecule has 0 atom stereocenters. The summed E-state index contributed by atoms with van der Waals surface area (Å²) in [7, 11) is 3.73. The Morgan fingerprint density at radius 1 is 1.36 bits per heavy atom. The summed E-state index contributed by atoms with van der Waals surface area (Å²) in [4.78, 5) is 15.2. The lowest BCUT2D eigenvalue weighted by molar-refractivity contribution is -0.127. The molecule has 1 aliphatic carbocycles. The van der Waals surface area contributed by atoms with Gasteiger partial charge in [-0.25, -0.2) is 0 Å². The summed E-state index contributed by atoms with van der Waals surface area (Å²) >= 11 is 1.63. The van der Waals surface area contributed by atoms with E-state index < -0.39 is 0 Å². The molecule has 0 N–H and O–H groups in total. The normalized spacial score (nSPS) is 13.2. The van der Waals surface area contributed by atoms with Crippen molar-refractivity contribution in [2.24, 2.45) is 7.05 Å². The van der Waals surface area contributed by atoms with E-state index in [1.165, 1.54) is 35.3 Å². The van der Waals surface area contributed by atoms with Gasteiger partial charge in [-0.15, -0.1) is 11.8 Å². The van der Waals surface area contributed by atoms with Crippen LogP contribution < -0.4 is 0 Å². The van der Waals surface area contributed by atoms with Crippen LogP contribution in [-0.2, 0) is 31.2 Å². The largest absolute Gasteiger partial charge is 0.341 e. The van der Waals surface area contributed by atoms with Gasteiger partial charge < -0.3 is 4.90 Å². The molecule has 0 saturated carbocycles. The van der Waals surface area contributed by atoms with E-state index in [0.717, 1.165) is 5.56 Å². The van der Waals surface area contributed by atoms with Crippen LogP contribution in [0.4, 0.5) is 0 Å². The molecular weight excluding hydrogens is 294 g/mol. The highest BCUT2D eigenvalue weighted by Gasteiger charge is 2.13. The van der Waals surface area contributed by atoms with Gasteiger partial charge in [-0.05, 0) is 42.5 Å². The SMILES string of the molecule is CN(Cc1cnn(C)c1)C(=O)CSc1ccc2c(c1)CCC2. The van der Waals surface area contributed by atoms with E-state index in [0.29, 0.717) is 12.3 Å². The third-order valence-corrected chi connectivity index (χ3v) is 5.01. The van der Waals surface area contributed by atoms with Crippen molar-refractivity contribution in [3.8, 4) is 0 Å². The number of thioether (sulfide) groups is 1. The maximum Gasteiger partial charge on any atom is 0.232 e. The third-order valence-electron chi connectivity index (χ3n) is 4.04. The average molecular weight is 315 g/mol. The van der Waals surface area contributed by atoms with Gasteiger partial charge in [-0.1, -0.05) is 6.07 Å². The summed E-state index contributed by atoms with van der Waals surface area (Å²) in [5.41, 5.74) is 3.99. The van der Waals surface area contributed by atoms with Crippen LogP contribution in [0.15, 0.2) is 35.5 Å². The zero-order valence-corrected chi connectivity index (χ0v) is 13.9. The van der Waals surface area contributed by atoms with Gasteiger partial charge >= 0.3 is 0 Å². The number of rotatable bonds is 5. The molecule has 22 heavy (non-hydrogen) atoms. The predicted molar refractivity (Wildman–Crippen MR) is 88.9 cm³/mol. The molecule has 1 aliphatic rings. The maximum absolute atomic E-state index is 12.2. The number of carbonyl (C=O) groups excluding carboxylic acids is 1. The van der Waals surface area contributed by atoms with Crippen molar-refractivity contribution in [3.05, 3.63) is 47.3 Å². The first-order chi connectivity index (χ1) is 10.6. The van der Waals surface area contributed by atoms with E-state index in [9.17, 15) is 4.79 Å². The molecule has 3 rings (SSSR count). The molecule has 1 aromatic carbocycles. The monoisotopic (exact) mass is 315 g/mol.